The molecule has 2 unspecified atom stereocenters. The van der Waals surface area contributed by atoms with E-state index in [1.165, 1.54) is 32.1 Å². The van der Waals surface area contributed by atoms with E-state index >= 15 is 0 Å². The van der Waals surface area contributed by atoms with Gasteiger partial charge in [0.05, 0.1) is 5.60 Å². The highest BCUT2D eigenvalue weighted by Crippen LogP contribution is 2.31. The average Bonchev–Trinajstić information content (AvgIpc) is 2.45. The first-order valence-electron chi connectivity index (χ1n) is 8.85. The molecular formula is C18H33NO4. The normalized spacial score (nSPS) is 19.1. The van der Waals surface area contributed by atoms with E-state index in [0.29, 0.717) is 24.9 Å². The van der Waals surface area contributed by atoms with E-state index in [1.807, 2.05) is 20.8 Å². The molecule has 134 valence electrons. The number of hydrogen-bond acceptors (Lipinski definition) is 3. The predicted molar refractivity (Wildman–Crippen MR) is 90.2 cm³/mol. The first kappa shape index (κ1) is 19.9. The van der Waals surface area contributed by atoms with Gasteiger partial charge in [-0.3, -0.25) is 4.79 Å². The van der Waals surface area contributed by atoms with Crippen LogP contribution in [0.3, 0.4) is 0 Å². The Morgan fingerprint density at radius 3 is 2.35 bits per heavy atom. The Bertz CT molecular complexity index is 383. The Balaban J connectivity index is 2.39. The van der Waals surface area contributed by atoms with Gasteiger partial charge >= 0.3 is 5.97 Å². The molecule has 2 N–H and O–H groups in total. The fraction of sp³-hybridized carbons (Fsp3) is 0.889. The van der Waals surface area contributed by atoms with Crippen molar-refractivity contribution in [1.82, 2.24) is 5.32 Å². The van der Waals surface area contributed by atoms with Crippen LogP contribution in [0.15, 0.2) is 0 Å². The molecule has 1 aliphatic carbocycles. The quantitative estimate of drug-likeness (QED) is 0.717. The molecule has 1 amide bonds. The summed E-state index contributed by atoms with van der Waals surface area (Å²) < 4.78 is 5.55. The second-order valence-corrected chi connectivity index (χ2v) is 7.79. The monoisotopic (exact) mass is 327 g/mol. The van der Waals surface area contributed by atoms with Crippen LogP contribution < -0.4 is 5.32 Å². The van der Waals surface area contributed by atoms with Gasteiger partial charge in [0.15, 0.2) is 0 Å². The van der Waals surface area contributed by atoms with Crippen LogP contribution in [0.25, 0.3) is 0 Å². The number of aliphatic carboxylic acids is 1. The van der Waals surface area contributed by atoms with Crippen molar-refractivity contribution in [3.05, 3.63) is 0 Å². The van der Waals surface area contributed by atoms with Crippen molar-refractivity contribution in [2.75, 3.05) is 6.61 Å². The molecule has 0 aromatic carbocycles. The maximum atomic E-state index is 12.2. The first-order chi connectivity index (χ1) is 10.7. The van der Waals surface area contributed by atoms with Crippen LogP contribution in [0, 0.1) is 11.8 Å². The number of rotatable bonds is 8. The smallest absolute Gasteiger partial charge is 0.326 e. The maximum Gasteiger partial charge on any atom is 0.326 e. The minimum atomic E-state index is -0.999. The Hall–Kier alpha value is -1.10. The first-order valence-corrected chi connectivity index (χ1v) is 8.85. The zero-order chi connectivity index (χ0) is 17.5. The van der Waals surface area contributed by atoms with Gasteiger partial charge in [-0.25, -0.2) is 4.79 Å². The molecule has 0 heterocycles. The summed E-state index contributed by atoms with van der Waals surface area (Å²) in [5.41, 5.74) is -0.303. The molecule has 5 heteroatoms. The molecule has 0 aromatic rings. The van der Waals surface area contributed by atoms with Gasteiger partial charge in [0, 0.05) is 19.4 Å². The van der Waals surface area contributed by atoms with E-state index in [1.54, 1.807) is 0 Å². The number of ether oxygens (including phenoxy) is 1. The van der Waals surface area contributed by atoms with Crippen LogP contribution >= 0.6 is 0 Å². The van der Waals surface area contributed by atoms with E-state index < -0.39 is 12.0 Å². The van der Waals surface area contributed by atoms with E-state index in [4.69, 9.17) is 4.74 Å². The molecule has 1 saturated carbocycles. The van der Waals surface area contributed by atoms with Gasteiger partial charge in [0.2, 0.25) is 5.91 Å². The summed E-state index contributed by atoms with van der Waals surface area (Å²) in [4.78, 5) is 23.5. The molecule has 0 saturated heterocycles. The molecule has 23 heavy (non-hydrogen) atoms. The van der Waals surface area contributed by atoms with Gasteiger partial charge < -0.3 is 15.2 Å². The summed E-state index contributed by atoms with van der Waals surface area (Å²) in [6.07, 6.45) is 6.87. The number of carboxylic acid groups (broad SMARTS) is 1. The summed E-state index contributed by atoms with van der Waals surface area (Å²) in [5.74, 6) is -0.245. The van der Waals surface area contributed by atoms with Crippen molar-refractivity contribution in [2.45, 2.75) is 84.3 Å². The van der Waals surface area contributed by atoms with Gasteiger partial charge in [0.25, 0.3) is 0 Å². The van der Waals surface area contributed by atoms with Gasteiger partial charge in [-0.05, 0) is 32.6 Å². The molecule has 2 atom stereocenters. The molecular weight excluding hydrogens is 294 g/mol. The van der Waals surface area contributed by atoms with Crippen molar-refractivity contribution in [1.29, 1.82) is 0 Å². The third-order valence-electron chi connectivity index (χ3n) is 4.54. The number of carboxylic acids is 1. The van der Waals surface area contributed by atoms with Crippen LogP contribution in [0.2, 0.25) is 0 Å². The molecule has 0 radical (unpaired) electrons. The zero-order valence-corrected chi connectivity index (χ0v) is 15.1. The third-order valence-corrected chi connectivity index (χ3v) is 4.54. The molecule has 1 aliphatic rings. The lowest BCUT2D eigenvalue weighted by molar-refractivity contribution is -0.143. The Kier molecular flexibility index (Phi) is 8.03. The number of hydrogen-bond donors (Lipinski definition) is 2. The van der Waals surface area contributed by atoms with Crippen LogP contribution in [-0.2, 0) is 14.3 Å². The molecule has 0 bridgehead atoms. The fourth-order valence-corrected chi connectivity index (χ4v) is 3.16. The van der Waals surface area contributed by atoms with Gasteiger partial charge in [-0.2, -0.15) is 0 Å². The average molecular weight is 327 g/mol. The largest absolute Gasteiger partial charge is 0.480 e. The summed E-state index contributed by atoms with van der Waals surface area (Å²) >= 11 is 0. The summed E-state index contributed by atoms with van der Waals surface area (Å²) in [6, 6.07) is -0.872. The molecule has 1 fully saturated rings. The van der Waals surface area contributed by atoms with Crippen molar-refractivity contribution in [3.8, 4) is 0 Å². The molecule has 1 rings (SSSR count). The van der Waals surface area contributed by atoms with Crippen LogP contribution in [0.1, 0.15) is 72.6 Å². The number of carbonyl (C=O) groups is 2. The molecule has 0 spiro atoms. The van der Waals surface area contributed by atoms with Gasteiger partial charge in [-0.1, -0.05) is 39.0 Å². The number of nitrogens with one attached hydrogen (secondary N) is 1. The van der Waals surface area contributed by atoms with Crippen LogP contribution in [-0.4, -0.2) is 35.2 Å². The van der Waals surface area contributed by atoms with Crippen LogP contribution in [0.5, 0.6) is 0 Å². The second kappa shape index (κ2) is 9.26. The highest BCUT2D eigenvalue weighted by atomic mass is 16.5. The highest BCUT2D eigenvalue weighted by molar-refractivity contribution is 5.83. The standard InChI is InChI=1S/C18H33NO4/c1-13(14-8-6-5-7-9-14)12-16(20)19-15(17(21)22)10-11-23-18(2,3)4/h13-15H,5-12H2,1-4H3,(H,19,20)(H,21,22). The SMILES string of the molecule is CC(CC(=O)NC(CCOC(C)(C)C)C(=O)O)C1CCCCC1. The second-order valence-electron chi connectivity index (χ2n) is 7.79. The van der Waals surface area contributed by atoms with E-state index in [0.717, 1.165) is 0 Å². The van der Waals surface area contributed by atoms with Crippen molar-refractivity contribution in [2.24, 2.45) is 11.8 Å². The Morgan fingerprint density at radius 1 is 1.22 bits per heavy atom. The zero-order valence-electron chi connectivity index (χ0n) is 15.1. The Morgan fingerprint density at radius 2 is 1.83 bits per heavy atom. The van der Waals surface area contributed by atoms with E-state index in [9.17, 15) is 14.7 Å². The molecule has 5 nitrogen and oxygen atoms in total. The lowest BCUT2D eigenvalue weighted by atomic mass is 9.79. The number of amides is 1. The summed E-state index contributed by atoms with van der Waals surface area (Å²) in [7, 11) is 0. The van der Waals surface area contributed by atoms with Crippen LogP contribution in [0.4, 0.5) is 0 Å². The molecule has 0 aromatic heterocycles. The number of carbonyl (C=O) groups excluding carboxylic acids is 1. The Labute approximate surface area is 140 Å². The van der Waals surface area contributed by atoms with Gasteiger partial charge in [-0.15, -0.1) is 0 Å². The predicted octanol–water partition coefficient (Wildman–Crippen LogP) is 3.37. The third kappa shape index (κ3) is 8.35. The highest BCUT2D eigenvalue weighted by Gasteiger charge is 2.25. The lowest BCUT2D eigenvalue weighted by Crippen LogP contribution is -2.42. The summed E-state index contributed by atoms with van der Waals surface area (Å²) in [6.45, 7) is 8.20. The van der Waals surface area contributed by atoms with Crippen molar-refractivity contribution < 1.29 is 19.4 Å². The van der Waals surface area contributed by atoms with Crippen molar-refractivity contribution >= 4 is 11.9 Å². The minimum absolute atomic E-state index is 0.161. The minimum Gasteiger partial charge on any atom is -0.480 e. The molecule has 0 aliphatic heterocycles. The van der Waals surface area contributed by atoms with E-state index in [-0.39, 0.29) is 17.9 Å². The topological polar surface area (TPSA) is 75.6 Å². The van der Waals surface area contributed by atoms with E-state index in [2.05, 4.69) is 12.2 Å². The summed E-state index contributed by atoms with van der Waals surface area (Å²) in [5, 5.41) is 11.9. The van der Waals surface area contributed by atoms with Crippen molar-refractivity contribution in [3.63, 3.8) is 0 Å². The van der Waals surface area contributed by atoms with Gasteiger partial charge in [0.1, 0.15) is 6.04 Å². The lowest BCUT2D eigenvalue weighted by Gasteiger charge is -2.27. The maximum absolute atomic E-state index is 12.2. The fourth-order valence-electron chi connectivity index (χ4n) is 3.16.